The molecule has 1 aliphatic rings. The van der Waals surface area contributed by atoms with Gasteiger partial charge < -0.3 is 4.74 Å². The van der Waals surface area contributed by atoms with Crippen LogP contribution in [0.2, 0.25) is 0 Å². The normalized spacial score (nSPS) is 20.7. The molecule has 0 aromatic heterocycles. The zero-order valence-electron chi connectivity index (χ0n) is 12.2. The number of Topliss-reactive ketones (excluding diaryl/α,β-unsaturated/α-hetero) is 1. The average Bonchev–Trinajstić information content (AvgIpc) is 2.93. The molecule has 2 aromatic carbocycles. The molecule has 1 heterocycles. The standard InChI is InChI=1S/C16H12ClNO5S/c17-24(21,22)18-13(11-7-3-1-4-8-11)15(23-16(18)20)14(19)12-9-5-2-6-10-12/h1-10,13,15H/t13-,15-/m1/s1. The Hall–Kier alpha value is -2.38. The van der Waals surface area contributed by atoms with Crippen molar-refractivity contribution in [3.63, 3.8) is 0 Å². The predicted octanol–water partition coefficient (Wildman–Crippen LogP) is 2.92. The zero-order valence-corrected chi connectivity index (χ0v) is 13.8. The molecule has 0 unspecified atom stereocenters. The summed E-state index contributed by atoms with van der Waals surface area (Å²) in [5.74, 6) is -0.499. The second-order valence-electron chi connectivity index (χ2n) is 5.13. The van der Waals surface area contributed by atoms with Crippen molar-refractivity contribution in [1.82, 2.24) is 4.31 Å². The molecule has 0 aliphatic carbocycles. The van der Waals surface area contributed by atoms with Crippen molar-refractivity contribution < 1.29 is 22.7 Å². The van der Waals surface area contributed by atoms with Crippen LogP contribution in [0.15, 0.2) is 60.7 Å². The molecule has 1 fully saturated rings. The summed E-state index contributed by atoms with van der Waals surface area (Å²) in [7, 11) is 0.962. The maximum Gasteiger partial charge on any atom is 0.426 e. The Labute approximate surface area is 143 Å². The van der Waals surface area contributed by atoms with Crippen LogP contribution in [0.1, 0.15) is 22.0 Å². The van der Waals surface area contributed by atoms with Crippen LogP contribution >= 0.6 is 10.7 Å². The zero-order chi connectivity index (χ0) is 17.3. The van der Waals surface area contributed by atoms with E-state index >= 15 is 0 Å². The highest BCUT2D eigenvalue weighted by Crippen LogP contribution is 2.38. The van der Waals surface area contributed by atoms with E-state index in [-0.39, 0.29) is 0 Å². The summed E-state index contributed by atoms with van der Waals surface area (Å²) in [4.78, 5) is 24.7. The molecule has 0 bridgehead atoms. The van der Waals surface area contributed by atoms with Crippen LogP contribution in [-0.2, 0) is 14.0 Å². The quantitative estimate of drug-likeness (QED) is 0.614. The minimum absolute atomic E-state index is 0.310. The number of carbonyl (C=O) groups is 2. The van der Waals surface area contributed by atoms with Gasteiger partial charge in [0.1, 0.15) is 6.04 Å². The Morgan fingerprint density at radius 1 is 1.00 bits per heavy atom. The number of ether oxygens (including phenoxy) is 1. The second kappa shape index (κ2) is 6.26. The lowest BCUT2D eigenvalue weighted by molar-refractivity contribution is 0.0721. The van der Waals surface area contributed by atoms with Crippen LogP contribution < -0.4 is 0 Å². The Bertz CT molecular complexity index is 870. The molecule has 8 heteroatoms. The van der Waals surface area contributed by atoms with Gasteiger partial charge in [-0.15, -0.1) is 0 Å². The van der Waals surface area contributed by atoms with Crippen LogP contribution in [0.5, 0.6) is 0 Å². The van der Waals surface area contributed by atoms with Crippen molar-refractivity contribution in [1.29, 1.82) is 0 Å². The van der Waals surface area contributed by atoms with Crippen LogP contribution in [0.25, 0.3) is 0 Å². The minimum atomic E-state index is -4.42. The molecule has 24 heavy (non-hydrogen) atoms. The van der Waals surface area contributed by atoms with Gasteiger partial charge in [0.2, 0.25) is 5.78 Å². The molecular weight excluding hydrogens is 354 g/mol. The SMILES string of the molecule is O=C(c1ccccc1)[C@@H]1OC(=O)N(S(=O)(=O)Cl)[C@@H]1c1ccccc1. The molecule has 3 rings (SSSR count). The van der Waals surface area contributed by atoms with Gasteiger partial charge in [-0.3, -0.25) is 4.79 Å². The lowest BCUT2D eigenvalue weighted by Gasteiger charge is -2.21. The maximum absolute atomic E-state index is 12.7. The summed E-state index contributed by atoms with van der Waals surface area (Å²) < 4.78 is 29.1. The third-order valence-corrected chi connectivity index (χ3v) is 4.93. The first-order valence-corrected chi connectivity index (χ1v) is 9.25. The van der Waals surface area contributed by atoms with Gasteiger partial charge in [0, 0.05) is 16.2 Å². The van der Waals surface area contributed by atoms with E-state index in [9.17, 15) is 18.0 Å². The fourth-order valence-corrected chi connectivity index (χ4v) is 3.76. The van der Waals surface area contributed by atoms with E-state index < -0.39 is 33.3 Å². The summed E-state index contributed by atoms with van der Waals surface area (Å²) in [6.07, 6.45) is -2.48. The second-order valence-corrected chi connectivity index (χ2v) is 7.52. The Balaban J connectivity index is 2.08. The lowest BCUT2D eigenvalue weighted by atomic mass is 9.96. The minimum Gasteiger partial charge on any atom is -0.434 e. The highest BCUT2D eigenvalue weighted by molar-refractivity contribution is 8.12. The van der Waals surface area contributed by atoms with Crippen molar-refractivity contribution >= 4 is 31.8 Å². The molecule has 1 saturated heterocycles. The van der Waals surface area contributed by atoms with Gasteiger partial charge in [-0.05, 0) is 5.56 Å². The number of amides is 1. The highest BCUT2D eigenvalue weighted by Gasteiger charge is 2.51. The number of hydrogen-bond donors (Lipinski definition) is 0. The Morgan fingerprint density at radius 2 is 1.54 bits per heavy atom. The summed E-state index contributed by atoms with van der Waals surface area (Å²) in [5, 5.41) is 0. The largest absolute Gasteiger partial charge is 0.434 e. The number of halogens is 1. The van der Waals surface area contributed by atoms with E-state index in [2.05, 4.69) is 0 Å². The molecule has 0 saturated carbocycles. The monoisotopic (exact) mass is 365 g/mol. The third kappa shape index (κ3) is 3.00. The Kier molecular flexibility index (Phi) is 4.29. The number of carbonyl (C=O) groups excluding carboxylic acids is 2. The van der Waals surface area contributed by atoms with E-state index in [4.69, 9.17) is 15.4 Å². The van der Waals surface area contributed by atoms with Crippen molar-refractivity contribution in [2.45, 2.75) is 12.1 Å². The predicted molar refractivity (Wildman–Crippen MR) is 86.8 cm³/mol. The van der Waals surface area contributed by atoms with E-state index in [1.165, 1.54) is 0 Å². The summed E-state index contributed by atoms with van der Waals surface area (Å²) in [6.45, 7) is 0. The molecule has 0 N–H and O–H groups in total. The number of rotatable bonds is 4. The van der Waals surface area contributed by atoms with E-state index in [1.54, 1.807) is 60.7 Å². The topological polar surface area (TPSA) is 80.8 Å². The fraction of sp³-hybridized carbons (Fsp3) is 0.125. The fourth-order valence-electron chi connectivity index (χ4n) is 2.61. The highest BCUT2D eigenvalue weighted by atomic mass is 35.7. The van der Waals surface area contributed by atoms with Gasteiger partial charge in [-0.25, -0.2) is 4.79 Å². The molecular formula is C16H12ClNO5S. The van der Waals surface area contributed by atoms with Gasteiger partial charge in [0.15, 0.2) is 6.10 Å². The molecule has 2 aromatic rings. The van der Waals surface area contributed by atoms with Crippen LogP contribution in [0, 0.1) is 0 Å². The van der Waals surface area contributed by atoms with Crippen molar-refractivity contribution in [3.05, 3.63) is 71.8 Å². The molecule has 2 atom stereocenters. The van der Waals surface area contributed by atoms with Gasteiger partial charge >= 0.3 is 15.3 Å². The number of cyclic esters (lactones) is 1. The molecule has 124 valence electrons. The first-order valence-electron chi connectivity index (χ1n) is 6.98. The summed E-state index contributed by atoms with van der Waals surface area (Å²) in [5.41, 5.74) is 0.743. The summed E-state index contributed by atoms with van der Waals surface area (Å²) >= 11 is 0. The van der Waals surface area contributed by atoms with Gasteiger partial charge in [0.05, 0.1) is 0 Å². The van der Waals surface area contributed by atoms with Crippen LogP contribution in [-0.4, -0.2) is 30.7 Å². The molecule has 0 spiro atoms. The molecule has 0 radical (unpaired) electrons. The lowest BCUT2D eigenvalue weighted by Crippen LogP contribution is -2.34. The number of hydrogen-bond acceptors (Lipinski definition) is 5. The number of ketones is 1. The van der Waals surface area contributed by atoms with Crippen LogP contribution in [0.3, 0.4) is 0 Å². The van der Waals surface area contributed by atoms with E-state index in [1.807, 2.05) is 0 Å². The van der Waals surface area contributed by atoms with E-state index in [0.29, 0.717) is 15.4 Å². The van der Waals surface area contributed by atoms with Gasteiger partial charge in [-0.1, -0.05) is 60.7 Å². The van der Waals surface area contributed by atoms with Crippen LogP contribution in [0.4, 0.5) is 4.79 Å². The van der Waals surface area contributed by atoms with Crippen molar-refractivity contribution in [2.75, 3.05) is 0 Å². The maximum atomic E-state index is 12.7. The number of nitrogens with zero attached hydrogens (tertiary/aromatic N) is 1. The first kappa shape index (κ1) is 16.5. The summed E-state index contributed by atoms with van der Waals surface area (Å²) in [6, 6.07) is 15.3. The molecule has 6 nitrogen and oxygen atoms in total. The first-order chi connectivity index (χ1) is 11.4. The average molecular weight is 366 g/mol. The molecule has 1 amide bonds. The van der Waals surface area contributed by atoms with Gasteiger partial charge in [0.25, 0.3) is 0 Å². The number of benzene rings is 2. The van der Waals surface area contributed by atoms with Crippen molar-refractivity contribution in [3.8, 4) is 0 Å². The van der Waals surface area contributed by atoms with Gasteiger partial charge in [-0.2, -0.15) is 12.7 Å². The molecule has 1 aliphatic heterocycles. The third-order valence-electron chi connectivity index (χ3n) is 3.64. The Morgan fingerprint density at radius 3 is 2.08 bits per heavy atom. The van der Waals surface area contributed by atoms with Crippen molar-refractivity contribution in [2.24, 2.45) is 0 Å². The van der Waals surface area contributed by atoms with E-state index in [0.717, 1.165) is 0 Å². The smallest absolute Gasteiger partial charge is 0.426 e.